The molecule has 1 atom stereocenters. The van der Waals surface area contributed by atoms with E-state index >= 15 is 0 Å². The molecule has 2 rings (SSSR count). The van der Waals surface area contributed by atoms with Crippen molar-refractivity contribution in [1.82, 2.24) is 15.1 Å². The van der Waals surface area contributed by atoms with Gasteiger partial charge in [-0.2, -0.15) is 0 Å². The van der Waals surface area contributed by atoms with E-state index in [0.717, 1.165) is 12.0 Å². The lowest BCUT2D eigenvalue weighted by Crippen LogP contribution is -2.61. The van der Waals surface area contributed by atoms with E-state index in [1.165, 1.54) is 45.8 Å². The zero-order chi connectivity index (χ0) is 12.5. The molecule has 3 heteroatoms. The van der Waals surface area contributed by atoms with Gasteiger partial charge in [-0.05, 0) is 11.3 Å². The maximum atomic E-state index is 3.37. The number of piperazine rings is 1. The standard InChI is InChI=1S/C14H29N3/c1-12(14(2,3)4)11-16-5-7-17(8-6-16)13-9-15-10-13/h12-13,15H,5-11H2,1-4H3. The highest BCUT2D eigenvalue weighted by molar-refractivity contribution is 4.88. The van der Waals surface area contributed by atoms with Gasteiger partial charge in [0.15, 0.2) is 0 Å². The molecule has 0 aromatic carbocycles. The van der Waals surface area contributed by atoms with E-state index in [1.54, 1.807) is 0 Å². The van der Waals surface area contributed by atoms with E-state index in [4.69, 9.17) is 0 Å². The Morgan fingerprint density at radius 2 is 1.71 bits per heavy atom. The van der Waals surface area contributed by atoms with Crippen LogP contribution in [0.25, 0.3) is 0 Å². The minimum atomic E-state index is 0.440. The minimum Gasteiger partial charge on any atom is -0.314 e. The van der Waals surface area contributed by atoms with Gasteiger partial charge in [-0.1, -0.05) is 27.7 Å². The second-order valence-corrected chi connectivity index (χ2v) is 6.92. The van der Waals surface area contributed by atoms with E-state index in [9.17, 15) is 0 Å². The molecular formula is C14H29N3. The van der Waals surface area contributed by atoms with Crippen molar-refractivity contribution in [3.63, 3.8) is 0 Å². The van der Waals surface area contributed by atoms with Crippen LogP contribution in [0.15, 0.2) is 0 Å². The SMILES string of the molecule is CC(CN1CCN(C2CNC2)CC1)C(C)(C)C. The second kappa shape index (κ2) is 5.25. The van der Waals surface area contributed by atoms with E-state index < -0.39 is 0 Å². The van der Waals surface area contributed by atoms with Crippen LogP contribution in [0, 0.1) is 11.3 Å². The first-order chi connectivity index (χ1) is 7.97. The lowest BCUT2D eigenvalue weighted by Gasteiger charge is -2.44. The summed E-state index contributed by atoms with van der Waals surface area (Å²) in [5.41, 5.74) is 0.440. The number of nitrogens with zero attached hydrogens (tertiary/aromatic N) is 2. The van der Waals surface area contributed by atoms with Crippen LogP contribution in [0.4, 0.5) is 0 Å². The molecule has 1 N–H and O–H groups in total. The van der Waals surface area contributed by atoms with Crippen LogP contribution in [-0.2, 0) is 0 Å². The molecule has 100 valence electrons. The molecule has 0 amide bonds. The van der Waals surface area contributed by atoms with Crippen molar-refractivity contribution in [1.29, 1.82) is 0 Å². The maximum Gasteiger partial charge on any atom is 0.0346 e. The monoisotopic (exact) mass is 239 g/mol. The third-order valence-electron chi connectivity index (χ3n) is 4.69. The number of hydrogen-bond acceptors (Lipinski definition) is 3. The third kappa shape index (κ3) is 3.43. The second-order valence-electron chi connectivity index (χ2n) is 6.92. The molecule has 2 saturated heterocycles. The van der Waals surface area contributed by atoms with Crippen LogP contribution in [0.1, 0.15) is 27.7 Å². The molecule has 0 bridgehead atoms. The summed E-state index contributed by atoms with van der Waals surface area (Å²) in [5, 5.41) is 3.37. The molecule has 17 heavy (non-hydrogen) atoms. The average Bonchev–Trinajstić information content (AvgIpc) is 2.16. The molecule has 2 aliphatic rings. The summed E-state index contributed by atoms with van der Waals surface area (Å²) in [6.07, 6.45) is 0. The lowest BCUT2D eigenvalue weighted by molar-refractivity contribution is 0.0555. The Bertz CT molecular complexity index is 234. The van der Waals surface area contributed by atoms with Crippen LogP contribution in [0.2, 0.25) is 0 Å². The maximum absolute atomic E-state index is 3.37. The number of rotatable bonds is 3. The Labute approximate surface area is 107 Å². The van der Waals surface area contributed by atoms with Gasteiger partial charge in [0, 0.05) is 51.9 Å². The molecule has 0 spiro atoms. The fourth-order valence-electron chi connectivity index (χ4n) is 2.50. The van der Waals surface area contributed by atoms with Crippen LogP contribution < -0.4 is 5.32 Å². The van der Waals surface area contributed by atoms with Gasteiger partial charge in [0.1, 0.15) is 0 Å². The predicted molar refractivity (Wildman–Crippen MR) is 73.3 cm³/mol. The summed E-state index contributed by atoms with van der Waals surface area (Å²) in [7, 11) is 0. The fraction of sp³-hybridized carbons (Fsp3) is 1.00. The van der Waals surface area contributed by atoms with E-state index in [1.807, 2.05) is 0 Å². The molecule has 0 aliphatic carbocycles. The Morgan fingerprint density at radius 1 is 1.12 bits per heavy atom. The predicted octanol–water partition coefficient (Wildman–Crippen LogP) is 1.26. The first kappa shape index (κ1) is 13.3. The van der Waals surface area contributed by atoms with Crippen LogP contribution in [0.5, 0.6) is 0 Å². The zero-order valence-corrected chi connectivity index (χ0v) is 12.0. The summed E-state index contributed by atoms with van der Waals surface area (Å²) in [5.74, 6) is 0.777. The topological polar surface area (TPSA) is 18.5 Å². The Kier molecular flexibility index (Phi) is 4.11. The molecule has 0 saturated carbocycles. The molecular weight excluding hydrogens is 210 g/mol. The van der Waals surface area contributed by atoms with Crippen molar-refractivity contribution >= 4 is 0 Å². The summed E-state index contributed by atoms with van der Waals surface area (Å²) in [6.45, 7) is 18.2. The average molecular weight is 239 g/mol. The van der Waals surface area contributed by atoms with Gasteiger partial charge in [-0.3, -0.25) is 4.90 Å². The largest absolute Gasteiger partial charge is 0.314 e. The van der Waals surface area contributed by atoms with Crippen molar-refractivity contribution in [2.24, 2.45) is 11.3 Å². The quantitative estimate of drug-likeness (QED) is 0.800. The number of nitrogens with one attached hydrogen (secondary N) is 1. The first-order valence-electron chi connectivity index (χ1n) is 7.14. The van der Waals surface area contributed by atoms with Gasteiger partial charge in [-0.25, -0.2) is 0 Å². The van der Waals surface area contributed by atoms with Crippen molar-refractivity contribution in [2.45, 2.75) is 33.7 Å². The molecule has 1 unspecified atom stereocenters. The van der Waals surface area contributed by atoms with Crippen molar-refractivity contribution in [3.05, 3.63) is 0 Å². The molecule has 0 aromatic rings. The lowest BCUT2D eigenvalue weighted by atomic mass is 9.82. The summed E-state index contributed by atoms with van der Waals surface area (Å²) >= 11 is 0. The normalized spacial score (nSPS) is 26.8. The molecule has 2 fully saturated rings. The molecule has 3 nitrogen and oxygen atoms in total. The Hall–Kier alpha value is -0.120. The highest BCUT2D eigenvalue weighted by Gasteiger charge is 2.29. The van der Waals surface area contributed by atoms with Gasteiger partial charge in [0.25, 0.3) is 0 Å². The van der Waals surface area contributed by atoms with E-state index in [-0.39, 0.29) is 0 Å². The minimum absolute atomic E-state index is 0.440. The first-order valence-corrected chi connectivity index (χ1v) is 7.14. The van der Waals surface area contributed by atoms with E-state index in [0.29, 0.717) is 5.41 Å². The van der Waals surface area contributed by atoms with E-state index in [2.05, 4.69) is 42.8 Å². The van der Waals surface area contributed by atoms with Crippen molar-refractivity contribution in [3.8, 4) is 0 Å². The molecule has 0 aromatic heterocycles. The van der Waals surface area contributed by atoms with Crippen LogP contribution in [-0.4, -0.2) is 61.7 Å². The smallest absolute Gasteiger partial charge is 0.0346 e. The van der Waals surface area contributed by atoms with Crippen molar-refractivity contribution in [2.75, 3.05) is 45.8 Å². The Balaban J connectivity index is 1.71. The summed E-state index contributed by atoms with van der Waals surface area (Å²) in [4.78, 5) is 5.31. The van der Waals surface area contributed by atoms with Crippen LogP contribution in [0.3, 0.4) is 0 Å². The summed E-state index contributed by atoms with van der Waals surface area (Å²) in [6, 6.07) is 0.831. The zero-order valence-electron chi connectivity index (χ0n) is 12.0. The fourth-order valence-corrected chi connectivity index (χ4v) is 2.50. The Morgan fingerprint density at radius 3 is 2.12 bits per heavy atom. The highest BCUT2D eigenvalue weighted by atomic mass is 15.3. The number of hydrogen-bond donors (Lipinski definition) is 1. The molecule has 2 heterocycles. The molecule has 0 radical (unpaired) electrons. The molecule has 2 aliphatic heterocycles. The van der Waals surface area contributed by atoms with Gasteiger partial charge >= 0.3 is 0 Å². The van der Waals surface area contributed by atoms with Crippen molar-refractivity contribution < 1.29 is 0 Å². The van der Waals surface area contributed by atoms with Crippen LogP contribution >= 0.6 is 0 Å². The van der Waals surface area contributed by atoms with Gasteiger partial charge in [0.05, 0.1) is 0 Å². The third-order valence-corrected chi connectivity index (χ3v) is 4.69. The van der Waals surface area contributed by atoms with Gasteiger partial charge < -0.3 is 10.2 Å². The van der Waals surface area contributed by atoms with Gasteiger partial charge in [0.2, 0.25) is 0 Å². The summed E-state index contributed by atoms with van der Waals surface area (Å²) < 4.78 is 0. The highest BCUT2D eigenvalue weighted by Crippen LogP contribution is 2.26. The van der Waals surface area contributed by atoms with Gasteiger partial charge in [-0.15, -0.1) is 0 Å².